The van der Waals surface area contributed by atoms with Crippen LogP contribution < -0.4 is 11.1 Å². The number of ether oxygens (including phenoxy) is 1. The summed E-state index contributed by atoms with van der Waals surface area (Å²) in [6.07, 6.45) is 0. The third-order valence-corrected chi connectivity index (χ3v) is 3.89. The first kappa shape index (κ1) is 17.8. The van der Waals surface area contributed by atoms with Gasteiger partial charge in [0.1, 0.15) is 10.7 Å². The van der Waals surface area contributed by atoms with Gasteiger partial charge in [0.15, 0.2) is 0 Å². The molecular weight excluding hydrogens is 302 g/mol. The SMILES string of the molecule is C.CCOC(=O)c1ccc(C(C)Nc2nc(C)nc(N)n2)s1. The maximum atomic E-state index is 11.6. The Labute approximate surface area is 134 Å². The van der Waals surface area contributed by atoms with Crippen LogP contribution in [0.3, 0.4) is 0 Å². The van der Waals surface area contributed by atoms with E-state index in [-0.39, 0.29) is 25.4 Å². The molecule has 3 N–H and O–H groups in total. The number of nitrogens with one attached hydrogen (secondary N) is 1. The van der Waals surface area contributed by atoms with E-state index in [0.29, 0.717) is 23.3 Å². The molecule has 0 aromatic carbocycles. The molecule has 7 nitrogen and oxygen atoms in total. The monoisotopic (exact) mass is 323 g/mol. The van der Waals surface area contributed by atoms with E-state index >= 15 is 0 Å². The molecule has 0 aliphatic rings. The van der Waals surface area contributed by atoms with Gasteiger partial charge in [0.2, 0.25) is 11.9 Å². The number of carbonyl (C=O) groups excluding carboxylic acids is 1. The van der Waals surface area contributed by atoms with Gasteiger partial charge in [-0.05, 0) is 32.9 Å². The summed E-state index contributed by atoms with van der Waals surface area (Å²) in [5.41, 5.74) is 5.59. The molecule has 2 aromatic rings. The van der Waals surface area contributed by atoms with Crippen LogP contribution in [0.2, 0.25) is 0 Å². The van der Waals surface area contributed by atoms with E-state index in [1.165, 1.54) is 11.3 Å². The molecule has 0 radical (unpaired) electrons. The molecule has 0 spiro atoms. The number of anilines is 2. The number of nitrogens with zero attached hydrogens (tertiary/aromatic N) is 3. The number of aryl methyl sites for hydroxylation is 1. The maximum Gasteiger partial charge on any atom is 0.348 e. The van der Waals surface area contributed by atoms with Crippen LogP contribution >= 0.6 is 11.3 Å². The van der Waals surface area contributed by atoms with Gasteiger partial charge in [-0.1, -0.05) is 7.43 Å². The predicted octanol–water partition coefficient (Wildman–Crippen LogP) is 2.81. The van der Waals surface area contributed by atoms with Crippen molar-refractivity contribution in [1.29, 1.82) is 0 Å². The molecule has 120 valence electrons. The zero-order valence-corrected chi connectivity index (χ0v) is 12.9. The largest absolute Gasteiger partial charge is 0.462 e. The summed E-state index contributed by atoms with van der Waals surface area (Å²) in [6.45, 7) is 5.85. The van der Waals surface area contributed by atoms with Gasteiger partial charge < -0.3 is 15.8 Å². The maximum absolute atomic E-state index is 11.6. The minimum atomic E-state index is -0.304. The van der Waals surface area contributed by atoms with Crippen LogP contribution in [0.4, 0.5) is 11.9 Å². The summed E-state index contributed by atoms with van der Waals surface area (Å²) < 4.78 is 4.97. The number of hydrogen-bond donors (Lipinski definition) is 2. The van der Waals surface area contributed by atoms with E-state index in [2.05, 4.69) is 20.3 Å². The molecular formula is C14H21N5O2S. The Morgan fingerprint density at radius 2 is 2.14 bits per heavy atom. The van der Waals surface area contributed by atoms with Gasteiger partial charge in [-0.15, -0.1) is 11.3 Å². The molecule has 2 heterocycles. The minimum absolute atomic E-state index is 0. The van der Waals surface area contributed by atoms with Gasteiger partial charge in [0, 0.05) is 4.88 Å². The van der Waals surface area contributed by atoms with Crippen molar-refractivity contribution in [3.8, 4) is 0 Å². The third kappa shape index (κ3) is 4.39. The highest BCUT2D eigenvalue weighted by atomic mass is 32.1. The second kappa shape index (κ2) is 7.69. The first-order valence-electron chi connectivity index (χ1n) is 6.51. The Hall–Kier alpha value is -2.22. The third-order valence-electron chi connectivity index (χ3n) is 2.64. The highest BCUT2D eigenvalue weighted by Crippen LogP contribution is 2.26. The lowest BCUT2D eigenvalue weighted by atomic mass is 10.3. The molecule has 0 aliphatic carbocycles. The number of hydrogen-bond acceptors (Lipinski definition) is 8. The zero-order valence-electron chi connectivity index (χ0n) is 12.1. The summed E-state index contributed by atoms with van der Waals surface area (Å²) in [5, 5.41) is 3.14. The van der Waals surface area contributed by atoms with E-state index in [4.69, 9.17) is 10.5 Å². The quantitative estimate of drug-likeness (QED) is 0.815. The molecule has 0 bridgehead atoms. The average molecular weight is 323 g/mol. The second-order valence-corrected chi connectivity index (χ2v) is 5.47. The van der Waals surface area contributed by atoms with Gasteiger partial charge in [-0.25, -0.2) is 4.79 Å². The molecule has 0 amide bonds. The van der Waals surface area contributed by atoms with Crippen molar-refractivity contribution in [2.75, 3.05) is 17.7 Å². The van der Waals surface area contributed by atoms with E-state index in [9.17, 15) is 4.79 Å². The van der Waals surface area contributed by atoms with Crippen LogP contribution in [0.25, 0.3) is 0 Å². The fourth-order valence-corrected chi connectivity index (χ4v) is 2.63. The highest BCUT2D eigenvalue weighted by molar-refractivity contribution is 7.14. The van der Waals surface area contributed by atoms with Crippen LogP contribution in [-0.2, 0) is 4.74 Å². The Bertz CT molecular complexity index is 624. The van der Waals surface area contributed by atoms with Crippen LogP contribution in [0.15, 0.2) is 12.1 Å². The Balaban J connectivity index is 0.00000242. The molecule has 1 atom stereocenters. The fourth-order valence-electron chi connectivity index (χ4n) is 1.73. The number of esters is 1. The lowest BCUT2D eigenvalue weighted by Crippen LogP contribution is -2.11. The zero-order chi connectivity index (χ0) is 15.4. The van der Waals surface area contributed by atoms with Crippen molar-refractivity contribution in [2.24, 2.45) is 0 Å². The van der Waals surface area contributed by atoms with Crippen molar-refractivity contribution < 1.29 is 9.53 Å². The van der Waals surface area contributed by atoms with Crippen molar-refractivity contribution in [3.05, 3.63) is 27.7 Å². The lowest BCUT2D eigenvalue weighted by Gasteiger charge is -2.12. The lowest BCUT2D eigenvalue weighted by molar-refractivity contribution is 0.0532. The summed E-state index contributed by atoms with van der Waals surface area (Å²) in [5.74, 6) is 0.839. The van der Waals surface area contributed by atoms with E-state index in [0.717, 1.165) is 4.88 Å². The van der Waals surface area contributed by atoms with Crippen LogP contribution in [-0.4, -0.2) is 27.5 Å². The number of nitrogens with two attached hydrogens (primary N) is 1. The Morgan fingerprint density at radius 3 is 2.77 bits per heavy atom. The number of nitrogen functional groups attached to an aromatic ring is 1. The normalized spacial score (nSPS) is 11.4. The topological polar surface area (TPSA) is 103 Å². The summed E-state index contributed by atoms with van der Waals surface area (Å²) >= 11 is 1.38. The number of carbonyl (C=O) groups is 1. The molecule has 0 aliphatic heterocycles. The van der Waals surface area contributed by atoms with E-state index < -0.39 is 0 Å². The van der Waals surface area contributed by atoms with E-state index in [1.54, 1.807) is 19.9 Å². The molecule has 22 heavy (non-hydrogen) atoms. The Morgan fingerprint density at radius 1 is 1.41 bits per heavy atom. The average Bonchev–Trinajstić information content (AvgIpc) is 2.87. The van der Waals surface area contributed by atoms with Crippen molar-refractivity contribution in [3.63, 3.8) is 0 Å². The summed E-state index contributed by atoms with van der Waals surface area (Å²) in [6, 6.07) is 3.58. The molecule has 1 unspecified atom stereocenters. The highest BCUT2D eigenvalue weighted by Gasteiger charge is 2.15. The van der Waals surface area contributed by atoms with Gasteiger partial charge in [0.25, 0.3) is 0 Å². The first-order chi connectivity index (χ1) is 9.99. The van der Waals surface area contributed by atoms with Crippen LogP contribution in [0.1, 0.15) is 47.7 Å². The molecule has 0 saturated carbocycles. The molecule has 2 aromatic heterocycles. The second-order valence-electron chi connectivity index (χ2n) is 4.35. The van der Waals surface area contributed by atoms with Crippen LogP contribution in [0.5, 0.6) is 0 Å². The Kier molecular flexibility index (Phi) is 6.24. The van der Waals surface area contributed by atoms with Crippen LogP contribution in [0, 0.1) is 6.92 Å². The molecule has 0 saturated heterocycles. The van der Waals surface area contributed by atoms with Crippen molar-refractivity contribution >= 4 is 29.2 Å². The number of thiophene rings is 1. The van der Waals surface area contributed by atoms with Gasteiger partial charge in [-0.3, -0.25) is 0 Å². The van der Waals surface area contributed by atoms with Gasteiger partial charge >= 0.3 is 5.97 Å². The first-order valence-corrected chi connectivity index (χ1v) is 7.32. The van der Waals surface area contributed by atoms with Crippen molar-refractivity contribution in [2.45, 2.75) is 34.2 Å². The van der Waals surface area contributed by atoms with Gasteiger partial charge in [0.05, 0.1) is 12.6 Å². The smallest absolute Gasteiger partial charge is 0.348 e. The standard InChI is InChI=1S/C13H17N5O2S.CH4/c1-4-20-11(19)10-6-5-9(21-10)7(2)15-13-17-8(3)16-12(14)18-13;/h5-7H,4H2,1-3H3,(H3,14,15,16,17,18);1H4. The molecule has 8 heteroatoms. The number of aromatic nitrogens is 3. The molecule has 2 rings (SSSR count). The molecule has 0 fully saturated rings. The van der Waals surface area contributed by atoms with Crippen molar-refractivity contribution in [1.82, 2.24) is 15.0 Å². The number of rotatable bonds is 5. The fraction of sp³-hybridized carbons (Fsp3) is 0.429. The summed E-state index contributed by atoms with van der Waals surface area (Å²) in [4.78, 5) is 25.3. The predicted molar refractivity (Wildman–Crippen MR) is 88.0 cm³/mol. The summed E-state index contributed by atoms with van der Waals surface area (Å²) in [7, 11) is 0. The minimum Gasteiger partial charge on any atom is -0.462 e. The van der Waals surface area contributed by atoms with E-state index in [1.807, 2.05) is 13.0 Å². The van der Waals surface area contributed by atoms with Gasteiger partial charge in [-0.2, -0.15) is 15.0 Å².